The molecule has 0 radical (unpaired) electrons. The van der Waals surface area contributed by atoms with E-state index in [-0.39, 0.29) is 21.7 Å². The van der Waals surface area contributed by atoms with Gasteiger partial charge < -0.3 is 5.32 Å². The van der Waals surface area contributed by atoms with Crippen LogP contribution in [-0.4, -0.2) is 19.9 Å². The van der Waals surface area contributed by atoms with Crippen molar-refractivity contribution < 1.29 is 13.3 Å². The summed E-state index contributed by atoms with van der Waals surface area (Å²) in [5.74, 6) is 0. The van der Waals surface area contributed by atoms with Crippen molar-refractivity contribution in [3.05, 3.63) is 28.3 Å². The van der Waals surface area contributed by atoms with Crippen LogP contribution in [0, 0.1) is 15.5 Å². The minimum atomic E-state index is -4.02. The lowest BCUT2D eigenvalue weighted by molar-refractivity contribution is -0.385. The van der Waals surface area contributed by atoms with Gasteiger partial charge in [-0.05, 0) is 17.9 Å². The summed E-state index contributed by atoms with van der Waals surface area (Å²) in [5.41, 5.74) is 0.0629. The first-order valence-electron chi connectivity index (χ1n) is 6.06. The number of anilines is 1. The summed E-state index contributed by atoms with van der Waals surface area (Å²) in [6, 6.07) is 3.57. The molecule has 1 aromatic rings. The number of hydrogen-bond donors (Lipinski definition) is 2. The molecule has 0 fully saturated rings. The van der Waals surface area contributed by atoms with Crippen LogP contribution in [0.2, 0.25) is 0 Å². The topological polar surface area (TPSA) is 115 Å². The molecule has 1 aromatic carbocycles. The van der Waals surface area contributed by atoms with Crippen molar-refractivity contribution >= 4 is 21.4 Å². The zero-order valence-electron chi connectivity index (χ0n) is 11.7. The molecule has 0 saturated heterocycles. The number of nitro groups is 1. The normalized spacial score (nSPS) is 12.2. The van der Waals surface area contributed by atoms with Gasteiger partial charge in [0.15, 0.2) is 0 Å². The van der Waals surface area contributed by atoms with Crippen LogP contribution in [0.3, 0.4) is 0 Å². The monoisotopic (exact) mass is 301 g/mol. The Balaban J connectivity index is 3.04. The highest BCUT2D eigenvalue weighted by molar-refractivity contribution is 7.89. The predicted molar refractivity (Wildman–Crippen MR) is 77.0 cm³/mol. The maximum atomic E-state index is 11.5. The first-order chi connectivity index (χ1) is 9.00. The zero-order valence-corrected chi connectivity index (χ0v) is 12.5. The molecule has 0 amide bonds. The fraction of sp³-hybridized carbons (Fsp3) is 0.500. The van der Waals surface area contributed by atoms with Crippen molar-refractivity contribution in [3.8, 4) is 0 Å². The van der Waals surface area contributed by atoms with E-state index in [9.17, 15) is 18.5 Å². The summed E-state index contributed by atoms with van der Waals surface area (Å²) < 4.78 is 23.0. The largest absolute Gasteiger partial charge is 0.384 e. The molecule has 0 heterocycles. The second-order valence-corrected chi connectivity index (χ2v) is 7.25. The molecule has 112 valence electrons. The average Bonchev–Trinajstić information content (AvgIpc) is 2.25. The van der Waals surface area contributed by atoms with Crippen molar-refractivity contribution in [1.29, 1.82) is 0 Å². The quantitative estimate of drug-likeness (QED) is 0.638. The number of nitro benzene ring substituents is 1. The molecule has 0 aliphatic heterocycles. The lowest BCUT2D eigenvalue weighted by Gasteiger charge is -2.19. The third-order valence-electron chi connectivity index (χ3n) is 2.67. The average molecular weight is 301 g/mol. The fourth-order valence-electron chi connectivity index (χ4n) is 1.58. The van der Waals surface area contributed by atoms with Crippen LogP contribution in [0.4, 0.5) is 11.4 Å². The molecule has 0 aromatic heterocycles. The van der Waals surface area contributed by atoms with Gasteiger partial charge in [0.25, 0.3) is 5.69 Å². The first-order valence-corrected chi connectivity index (χ1v) is 7.60. The van der Waals surface area contributed by atoms with E-state index in [1.165, 1.54) is 12.1 Å². The van der Waals surface area contributed by atoms with Crippen LogP contribution in [0.25, 0.3) is 0 Å². The lowest BCUT2D eigenvalue weighted by atomic mass is 9.92. The molecule has 7 nitrogen and oxygen atoms in total. The predicted octanol–water partition coefficient (Wildman–Crippen LogP) is 2.09. The van der Waals surface area contributed by atoms with Gasteiger partial charge in [-0.1, -0.05) is 20.8 Å². The number of sulfonamides is 1. The second-order valence-electron chi connectivity index (χ2n) is 5.72. The van der Waals surface area contributed by atoms with Crippen molar-refractivity contribution in [3.63, 3.8) is 0 Å². The van der Waals surface area contributed by atoms with E-state index >= 15 is 0 Å². The van der Waals surface area contributed by atoms with E-state index in [0.29, 0.717) is 6.54 Å². The Hall–Kier alpha value is -1.67. The van der Waals surface area contributed by atoms with Crippen LogP contribution in [0.15, 0.2) is 23.1 Å². The summed E-state index contributed by atoms with van der Waals surface area (Å²) in [6.07, 6.45) is 0.814. The summed E-state index contributed by atoms with van der Waals surface area (Å²) in [7, 11) is -4.02. The Morgan fingerprint density at radius 2 is 1.95 bits per heavy atom. The van der Waals surface area contributed by atoms with Gasteiger partial charge in [-0.2, -0.15) is 0 Å². The maximum absolute atomic E-state index is 11.5. The number of non-ortho nitro benzene ring substituents is 1. The number of primary sulfonamides is 1. The second kappa shape index (κ2) is 5.76. The van der Waals surface area contributed by atoms with E-state index in [0.717, 1.165) is 12.5 Å². The summed E-state index contributed by atoms with van der Waals surface area (Å²) >= 11 is 0. The molecular weight excluding hydrogens is 282 g/mol. The summed E-state index contributed by atoms with van der Waals surface area (Å²) in [6.45, 7) is 6.73. The van der Waals surface area contributed by atoms with Gasteiger partial charge in [-0.15, -0.1) is 0 Å². The number of nitrogens with zero attached hydrogens (tertiary/aromatic N) is 1. The molecule has 3 N–H and O–H groups in total. The number of hydrogen-bond acceptors (Lipinski definition) is 5. The minimum Gasteiger partial charge on any atom is -0.384 e. The van der Waals surface area contributed by atoms with E-state index < -0.39 is 14.9 Å². The molecule has 0 atom stereocenters. The van der Waals surface area contributed by atoms with Crippen LogP contribution in [0.1, 0.15) is 27.2 Å². The number of rotatable bonds is 5. The first kappa shape index (κ1) is 16.4. The molecule has 0 unspecified atom stereocenters. The van der Waals surface area contributed by atoms with E-state index in [1.807, 2.05) is 0 Å². The highest BCUT2D eigenvalue weighted by atomic mass is 32.2. The number of benzene rings is 1. The molecule has 8 heteroatoms. The molecule has 0 aliphatic rings. The van der Waals surface area contributed by atoms with E-state index in [2.05, 4.69) is 26.1 Å². The Morgan fingerprint density at radius 1 is 1.35 bits per heavy atom. The van der Waals surface area contributed by atoms with E-state index in [1.54, 1.807) is 0 Å². The Labute approximate surface area is 118 Å². The van der Waals surface area contributed by atoms with Crippen molar-refractivity contribution in [1.82, 2.24) is 0 Å². The van der Waals surface area contributed by atoms with Gasteiger partial charge >= 0.3 is 0 Å². The van der Waals surface area contributed by atoms with Gasteiger partial charge in [-0.3, -0.25) is 10.1 Å². The fourth-order valence-corrected chi connectivity index (χ4v) is 2.31. The lowest BCUT2D eigenvalue weighted by Crippen LogP contribution is -2.17. The summed E-state index contributed by atoms with van der Waals surface area (Å²) in [5, 5.41) is 18.7. The van der Waals surface area contributed by atoms with Crippen molar-refractivity contribution in [2.45, 2.75) is 32.1 Å². The molecule has 0 aliphatic carbocycles. The molecule has 0 bridgehead atoms. The Morgan fingerprint density at radius 3 is 2.40 bits per heavy atom. The SMILES string of the molecule is CC(C)(C)CCNc1ccc([N+](=O)[O-])cc1S(N)(=O)=O. The van der Waals surface area contributed by atoms with Gasteiger partial charge in [0, 0.05) is 18.7 Å². The highest BCUT2D eigenvalue weighted by Crippen LogP contribution is 2.26. The third kappa shape index (κ3) is 4.78. The highest BCUT2D eigenvalue weighted by Gasteiger charge is 2.19. The van der Waals surface area contributed by atoms with Crippen molar-refractivity contribution in [2.75, 3.05) is 11.9 Å². The smallest absolute Gasteiger partial charge is 0.270 e. The zero-order chi connectivity index (χ0) is 15.6. The van der Waals surface area contributed by atoms with Gasteiger partial charge in [-0.25, -0.2) is 13.6 Å². The maximum Gasteiger partial charge on any atom is 0.270 e. The molecular formula is C12H19N3O4S. The Bertz CT molecular complexity index is 606. The van der Waals surface area contributed by atoms with Gasteiger partial charge in [0.05, 0.1) is 10.6 Å². The summed E-state index contributed by atoms with van der Waals surface area (Å²) in [4.78, 5) is 9.76. The molecule has 0 saturated carbocycles. The minimum absolute atomic E-state index is 0.0928. The standard InChI is InChI=1S/C12H19N3O4S/c1-12(2,3)6-7-14-10-5-4-9(15(16)17)8-11(10)20(13,18)19/h4-5,8,14H,6-7H2,1-3H3,(H2,13,18,19). The van der Waals surface area contributed by atoms with Gasteiger partial charge in [0.1, 0.15) is 4.90 Å². The molecule has 20 heavy (non-hydrogen) atoms. The Kier molecular flexibility index (Phi) is 4.72. The van der Waals surface area contributed by atoms with Crippen molar-refractivity contribution in [2.24, 2.45) is 10.6 Å². The number of nitrogens with two attached hydrogens (primary N) is 1. The van der Waals surface area contributed by atoms with Crippen LogP contribution < -0.4 is 10.5 Å². The molecule has 0 spiro atoms. The van der Waals surface area contributed by atoms with E-state index in [4.69, 9.17) is 5.14 Å². The molecule has 1 rings (SSSR count). The third-order valence-corrected chi connectivity index (χ3v) is 3.62. The van der Waals surface area contributed by atoms with Crippen LogP contribution >= 0.6 is 0 Å². The van der Waals surface area contributed by atoms with Crippen LogP contribution in [0.5, 0.6) is 0 Å². The van der Waals surface area contributed by atoms with Gasteiger partial charge in [0.2, 0.25) is 10.0 Å². The van der Waals surface area contributed by atoms with Crippen LogP contribution in [-0.2, 0) is 10.0 Å². The number of nitrogens with one attached hydrogen (secondary N) is 1.